The predicted octanol–water partition coefficient (Wildman–Crippen LogP) is 2.31. The maximum absolute atomic E-state index is 12.8. The zero-order valence-corrected chi connectivity index (χ0v) is 12.8. The summed E-state index contributed by atoms with van der Waals surface area (Å²) in [5.41, 5.74) is 5.76. The Labute approximate surface area is 117 Å². The van der Waals surface area contributed by atoms with E-state index in [1.807, 2.05) is 4.90 Å². The molecule has 112 valence electrons. The average molecular weight is 270 g/mol. The van der Waals surface area contributed by atoms with Crippen molar-refractivity contribution in [3.8, 4) is 0 Å². The Balaban J connectivity index is 2.79. The number of ether oxygens (including phenoxy) is 1. The van der Waals surface area contributed by atoms with E-state index < -0.39 is 5.54 Å². The summed E-state index contributed by atoms with van der Waals surface area (Å²) in [5.74, 6) is 0.137. The number of nitrogens with two attached hydrogens (primary N) is 1. The number of hydrogen-bond acceptors (Lipinski definition) is 3. The Morgan fingerprint density at radius 1 is 1.26 bits per heavy atom. The van der Waals surface area contributed by atoms with Crippen LogP contribution >= 0.6 is 0 Å². The van der Waals surface area contributed by atoms with Crippen LogP contribution in [0.3, 0.4) is 0 Å². The van der Waals surface area contributed by atoms with E-state index in [9.17, 15) is 4.79 Å². The number of hydrogen-bond donors (Lipinski definition) is 1. The zero-order chi connectivity index (χ0) is 14.3. The normalized spacial score (nSPS) is 18.6. The van der Waals surface area contributed by atoms with Crippen LogP contribution in [0.15, 0.2) is 0 Å². The maximum Gasteiger partial charge on any atom is 0.242 e. The highest BCUT2D eigenvalue weighted by molar-refractivity contribution is 5.86. The minimum absolute atomic E-state index is 0.137. The molecule has 0 unspecified atom stereocenters. The number of nitrogens with zero attached hydrogens (tertiary/aromatic N) is 1. The summed E-state index contributed by atoms with van der Waals surface area (Å²) in [5, 5.41) is 0. The van der Waals surface area contributed by atoms with E-state index in [0.29, 0.717) is 13.2 Å². The lowest BCUT2D eigenvalue weighted by Gasteiger charge is -2.40. The summed E-state index contributed by atoms with van der Waals surface area (Å²) in [7, 11) is 1.67. The number of rotatable bonds is 7. The fraction of sp³-hybridized carbons (Fsp3) is 0.933. The predicted molar refractivity (Wildman–Crippen MR) is 78.0 cm³/mol. The fourth-order valence-corrected chi connectivity index (χ4v) is 3.05. The first-order valence-corrected chi connectivity index (χ1v) is 7.68. The van der Waals surface area contributed by atoms with Crippen molar-refractivity contribution in [3.05, 3.63) is 0 Å². The Bertz CT molecular complexity index is 271. The fourth-order valence-electron chi connectivity index (χ4n) is 3.05. The smallest absolute Gasteiger partial charge is 0.242 e. The highest BCUT2D eigenvalue weighted by Crippen LogP contribution is 2.29. The van der Waals surface area contributed by atoms with Crippen LogP contribution in [0, 0.1) is 0 Å². The van der Waals surface area contributed by atoms with Gasteiger partial charge in [-0.1, -0.05) is 33.1 Å². The molecule has 0 saturated heterocycles. The minimum Gasteiger partial charge on any atom is -0.383 e. The first-order valence-electron chi connectivity index (χ1n) is 7.68. The minimum atomic E-state index is -0.630. The second kappa shape index (κ2) is 7.85. The van der Waals surface area contributed by atoms with Gasteiger partial charge in [-0.05, 0) is 25.7 Å². The first kappa shape index (κ1) is 16.4. The molecule has 0 bridgehead atoms. The van der Waals surface area contributed by atoms with Gasteiger partial charge in [0.05, 0.1) is 12.1 Å². The van der Waals surface area contributed by atoms with Crippen LogP contribution in [0.2, 0.25) is 0 Å². The van der Waals surface area contributed by atoms with E-state index in [4.69, 9.17) is 10.5 Å². The molecule has 0 aromatic rings. The van der Waals surface area contributed by atoms with Crippen molar-refractivity contribution in [2.75, 3.05) is 20.3 Å². The molecule has 0 spiro atoms. The van der Waals surface area contributed by atoms with E-state index in [0.717, 1.165) is 38.5 Å². The van der Waals surface area contributed by atoms with Gasteiger partial charge in [-0.2, -0.15) is 0 Å². The molecule has 0 aromatic heterocycles. The molecule has 19 heavy (non-hydrogen) atoms. The number of methoxy groups -OCH3 is 1. The molecule has 4 heteroatoms. The summed E-state index contributed by atoms with van der Waals surface area (Å²) >= 11 is 0. The highest BCUT2D eigenvalue weighted by atomic mass is 16.5. The Morgan fingerprint density at radius 2 is 1.84 bits per heavy atom. The molecule has 2 N–H and O–H groups in total. The van der Waals surface area contributed by atoms with Gasteiger partial charge in [0.25, 0.3) is 0 Å². The summed E-state index contributed by atoms with van der Waals surface area (Å²) in [6.45, 7) is 5.50. The van der Waals surface area contributed by atoms with Gasteiger partial charge in [0.15, 0.2) is 0 Å². The molecular formula is C15H30N2O2. The third-order valence-corrected chi connectivity index (χ3v) is 4.35. The van der Waals surface area contributed by atoms with Crippen molar-refractivity contribution in [2.24, 2.45) is 5.73 Å². The summed E-state index contributed by atoms with van der Waals surface area (Å²) < 4.78 is 5.15. The summed E-state index contributed by atoms with van der Waals surface area (Å²) in [4.78, 5) is 14.8. The average Bonchev–Trinajstić information content (AvgIpc) is 2.43. The molecule has 0 heterocycles. The summed E-state index contributed by atoms with van der Waals surface area (Å²) in [6.07, 6.45) is 6.96. The lowest BCUT2D eigenvalue weighted by molar-refractivity contribution is -0.141. The monoisotopic (exact) mass is 270 g/mol. The van der Waals surface area contributed by atoms with Gasteiger partial charge in [-0.25, -0.2) is 0 Å². The molecule has 1 saturated carbocycles. The summed E-state index contributed by atoms with van der Waals surface area (Å²) in [6, 6.07) is 0.282. The molecule has 0 aliphatic heterocycles. The molecule has 1 fully saturated rings. The van der Waals surface area contributed by atoms with Crippen LogP contribution in [0.25, 0.3) is 0 Å². The maximum atomic E-state index is 12.8. The van der Waals surface area contributed by atoms with E-state index >= 15 is 0 Å². The van der Waals surface area contributed by atoms with E-state index in [-0.39, 0.29) is 11.9 Å². The van der Waals surface area contributed by atoms with Crippen molar-refractivity contribution in [3.63, 3.8) is 0 Å². The van der Waals surface area contributed by atoms with Gasteiger partial charge in [0, 0.05) is 19.7 Å². The van der Waals surface area contributed by atoms with Gasteiger partial charge >= 0.3 is 0 Å². The molecule has 0 atom stereocenters. The lowest BCUT2D eigenvalue weighted by Crippen LogP contribution is -2.59. The van der Waals surface area contributed by atoms with Crippen molar-refractivity contribution < 1.29 is 9.53 Å². The van der Waals surface area contributed by atoms with Crippen molar-refractivity contribution in [2.45, 2.75) is 70.4 Å². The number of carbonyl (C=O) groups is 1. The van der Waals surface area contributed by atoms with E-state index in [1.165, 1.54) is 6.42 Å². The Morgan fingerprint density at radius 3 is 2.32 bits per heavy atom. The van der Waals surface area contributed by atoms with E-state index in [1.54, 1.807) is 7.11 Å². The van der Waals surface area contributed by atoms with Gasteiger partial charge in [-0.3, -0.25) is 4.79 Å². The Hall–Kier alpha value is -0.610. The Kier molecular flexibility index (Phi) is 6.80. The molecule has 0 radical (unpaired) electrons. The number of carbonyl (C=O) groups excluding carboxylic acids is 1. The quantitative estimate of drug-likeness (QED) is 0.772. The third-order valence-electron chi connectivity index (χ3n) is 4.35. The highest BCUT2D eigenvalue weighted by Gasteiger charge is 2.39. The lowest BCUT2D eigenvalue weighted by atomic mass is 9.81. The van der Waals surface area contributed by atoms with Gasteiger partial charge in [-0.15, -0.1) is 0 Å². The zero-order valence-electron chi connectivity index (χ0n) is 12.8. The van der Waals surface area contributed by atoms with Crippen LogP contribution in [0.5, 0.6) is 0 Å². The van der Waals surface area contributed by atoms with Crippen molar-refractivity contribution in [1.82, 2.24) is 4.90 Å². The SMILES string of the molecule is CCC(CC)N(CCOC)C(=O)C1(N)CCCCC1. The third kappa shape index (κ3) is 4.18. The van der Waals surface area contributed by atoms with Gasteiger partial charge in [0.1, 0.15) is 0 Å². The van der Waals surface area contributed by atoms with Crippen molar-refractivity contribution in [1.29, 1.82) is 0 Å². The van der Waals surface area contributed by atoms with Crippen LogP contribution in [0.1, 0.15) is 58.8 Å². The number of amides is 1. The molecule has 0 aromatic carbocycles. The topological polar surface area (TPSA) is 55.6 Å². The van der Waals surface area contributed by atoms with E-state index in [2.05, 4.69) is 13.8 Å². The van der Waals surface area contributed by atoms with Crippen LogP contribution in [-0.2, 0) is 9.53 Å². The van der Waals surface area contributed by atoms with Gasteiger partial charge in [0.2, 0.25) is 5.91 Å². The van der Waals surface area contributed by atoms with Crippen LogP contribution in [0.4, 0.5) is 0 Å². The van der Waals surface area contributed by atoms with Crippen LogP contribution < -0.4 is 5.73 Å². The molecule has 1 aliphatic rings. The largest absolute Gasteiger partial charge is 0.383 e. The second-order valence-electron chi connectivity index (χ2n) is 5.68. The second-order valence-corrected chi connectivity index (χ2v) is 5.68. The molecule has 4 nitrogen and oxygen atoms in total. The first-order chi connectivity index (χ1) is 9.09. The van der Waals surface area contributed by atoms with Crippen molar-refractivity contribution >= 4 is 5.91 Å². The molecule has 1 amide bonds. The van der Waals surface area contributed by atoms with Crippen LogP contribution in [-0.4, -0.2) is 42.6 Å². The van der Waals surface area contributed by atoms with Gasteiger partial charge < -0.3 is 15.4 Å². The molecular weight excluding hydrogens is 240 g/mol. The standard InChI is InChI=1S/C15H30N2O2/c1-4-13(5-2)17(11-12-19-3)14(18)15(16)9-7-6-8-10-15/h13H,4-12,16H2,1-3H3. The molecule has 1 rings (SSSR count). The molecule has 1 aliphatic carbocycles.